The number of benzene rings is 2. The van der Waals surface area contributed by atoms with Gasteiger partial charge < -0.3 is 5.32 Å². The average Bonchev–Trinajstić information content (AvgIpc) is 2.91. The average molecular weight is 364 g/mol. The molecule has 0 bridgehead atoms. The highest BCUT2D eigenvalue weighted by Gasteiger charge is 2.19. The second-order valence-corrected chi connectivity index (χ2v) is 6.40. The Morgan fingerprint density at radius 1 is 1.11 bits per heavy atom. The minimum absolute atomic E-state index is 0.0588. The summed E-state index contributed by atoms with van der Waals surface area (Å²) in [6, 6.07) is 14.2. The van der Waals surface area contributed by atoms with Crippen molar-refractivity contribution < 1.29 is 9.72 Å². The van der Waals surface area contributed by atoms with Crippen molar-refractivity contribution in [1.82, 2.24) is 9.78 Å². The molecule has 0 saturated heterocycles. The monoisotopic (exact) mass is 364 g/mol. The van der Waals surface area contributed by atoms with E-state index in [9.17, 15) is 14.9 Å². The van der Waals surface area contributed by atoms with Crippen molar-refractivity contribution in [3.8, 4) is 5.69 Å². The zero-order chi connectivity index (χ0) is 19.6. The number of nitrogens with zero attached hydrogens (tertiary/aromatic N) is 3. The van der Waals surface area contributed by atoms with Crippen molar-refractivity contribution in [2.45, 2.75) is 27.2 Å². The fourth-order valence-electron chi connectivity index (χ4n) is 2.96. The first-order chi connectivity index (χ1) is 12.9. The van der Waals surface area contributed by atoms with Crippen LogP contribution in [0.2, 0.25) is 0 Å². The Labute approximate surface area is 156 Å². The molecule has 3 aromatic rings. The molecule has 0 atom stereocenters. The summed E-state index contributed by atoms with van der Waals surface area (Å²) in [6.07, 6.45) is -0.0776. The Bertz CT molecular complexity index is 1010. The number of hydrogen-bond acceptors (Lipinski definition) is 4. The molecule has 1 heterocycles. The molecule has 1 aromatic heterocycles. The first-order valence-electron chi connectivity index (χ1n) is 8.52. The van der Waals surface area contributed by atoms with Crippen LogP contribution < -0.4 is 5.32 Å². The highest BCUT2D eigenvalue weighted by atomic mass is 16.6. The van der Waals surface area contributed by atoms with Gasteiger partial charge in [0, 0.05) is 11.6 Å². The van der Waals surface area contributed by atoms with Gasteiger partial charge in [0.25, 0.3) is 5.69 Å². The predicted octanol–water partition coefficient (Wildman–Crippen LogP) is 3.89. The van der Waals surface area contributed by atoms with E-state index in [1.807, 2.05) is 45.0 Å². The van der Waals surface area contributed by atoms with Gasteiger partial charge in [-0.05, 0) is 32.9 Å². The molecule has 0 radical (unpaired) electrons. The van der Waals surface area contributed by atoms with Crippen molar-refractivity contribution in [3.63, 3.8) is 0 Å². The summed E-state index contributed by atoms with van der Waals surface area (Å²) < 4.78 is 1.77. The lowest BCUT2D eigenvalue weighted by molar-refractivity contribution is -0.385. The van der Waals surface area contributed by atoms with Crippen LogP contribution in [0.3, 0.4) is 0 Å². The van der Waals surface area contributed by atoms with Crippen LogP contribution in [0.25, 0.3) is 5.69 Å². The van der Waals surface area contributed by atoms with Crippen LogP contribution in [0, 0.1) is 30.9 Å². The maximum atomic E-state index is 12.5. The van der Waals surface area contributed by atoms with Crippen LogP contribution in [0.15, 0.2) is 48.5 Å². The number of carbonyl (C=O) groups excluding carboxylic acids is 1. The van der Waals surface area contributed by atoms with Gasteiger partial charge in [0.05, 0.1) is 34.1 Å². The van der Waals surface area contributed by atoms with Gasteiger partial charge in [0.2, 0.25) is 5.91 Å². The summed E-state index contributed by atoms with van der Waals surface area (Å²) in [5.74, 6) is -0.320. The van der Waals surface area contributed by atoms with Gasteiger partial charge in [-0.2, -0.15) is 5.10 Å². The van der Waals surface area contributed by atoms with E-state index >= 15 is 0 Å². The van der Waals surface area contributed by atoms with Crippen molar-refractivity contribution in [2.24, 2.45) is 0 Å². The lowest BCUT2D eigenvalue weighted by Crippen LogP contribution is -2.16. The fourth-order valence-corrected chi connectivity index (χ4v) is 2.96. The van der Waals surface area contributed by atoms with E-state index in [1.54, 1.807) is 22.9 Å². The molecule has 1 N–H and O–H groups in total. The molecule has 138 valence electrons. The number of carbonyl (C=O) groups is 1. The third kappa shape index (κ3) is 3.87. The van der Waals surface area contributed by atoms with Crippen LogP contribution in [-0.2, 0) is 11.2 Å². The maximum absolute atomic E-state index is 12.5. The first kappa shape index (κ1) is 18.3. The first-order valence-corrected chi connectivity index (χ1v) is 8.52. The molecule has 0 aliphatic heterocycles. The number of anilines is 1. The Morgan fingerprint density at radius 2 is 1.78 bits per heavy atom. The Kier molecular flexibility index (Phi) is 5.03. The van der Waals surface area contributed by atoms with Gasteiger partial charge in [-0.25, -0.2) is 4.68 Å². The van der Waals surface area contributed by atoms with Crippen molar-refractivity contribution in [1.29, 1.82) is 0 Å². The molecule has 0 unspecified atom stereocenters. The van der Waals surface area contributed by atoms with Gasteiger partial charge in [-0.15, -0.1) is 0 Å². The van der Waals surface area contributed by atoms with E-state index in [0.717, 1.165) is 16.9 Å². The molecular weight excluding hydrogens is 344 g/mol. The van der Waals surface area contributed by atoms with Gasteiger partial charge in [-0.3, -0.25) is 14.9 Å². The summed E-state index contributed by atoms with van der Waals surface area (Å²) in [4.78, 5) is 23.1. The molecule has 0 fully saturated rings. The largest absolute Gasteiger partial charge is 0.323 e. The van der Waals surface area contributed by atoms with Crippen LogP contribution in [0.1, 0.15) is 22.5 Å². The smallest absolute Gasteiger partial charge is 0.273 e. The number of nitrogens with one attached hydrogen (secondary N) is 1. The number of aromatic nitrogens is 2. The number of nitro groups is 1. The van der Waals surface area contributed by atoms with Crippen LogP contribution in [-0.4, -0.2) is 20.6 Å². The molecule has 0 spiro atoms. The van der Waals surface area contributed by atoms with Crippen LogP contribution >= 0.6 is 0 Å². The lowest BCUT2D eigenvalue weighted by Gasteiger charge is -2.08. The molecule has 2 aromatic carbocycles. The molecule has 27 heavy (non-hydrogen) atoms. The molecule has 0 saturated carbocycles. The molecule has 7 heteroatoms. The normalized spacial score (nSPS) is 10.6. The Morgan fingerprint density at radius 3 is 2.44 bits per heavy atom. The number of nitro benzene ring substituents is 1. The topological polar surface area (TPSA) is 90.1 Å². The lowest BCUT2D eigenvalue weighted by atomic mass is 10.1. The highest BCUT2D eigenvalue weighted by molar-refractivity contribution is 5.94. The molecule has 0 aliphatic carbocycles. The summed E-state index contributed by atoms with van der Waals surface area (Å²) in [5.41, 5.74) is 4.48. The molecule has 0 aliphatic rings. The highest BCUT2D eigenvalue weighted by Crippen LogP contribution is 2.24. The van der Waals surface area contributed by atoms with Crippen LogP contribution in [0.5, 0.6) is 0 Å². The van der Waals surface area contributed by atoms with E-state index in [0.29, 0.717) is 16.9 Å². The SMILES string of the molecule is Cc1ccc(-n2nc(C)c(NC(=O)Cc3ccccc3[N+](=O)[O-])c2C)cc1. The van der Waals surface area contributed by atoms with Gasteiger partial charge >= 0.3 is 0 Å². The van der Waals surface area contributed by atoms with E-state index in [-0.39, 0.29) is 18.0 Å². The van der Waals surface area contributed by atoms with Gasteiger partial charge in [0.1, 0.15) is 0 Å². The Hall–Kier alpha value is -3.48. The summed E-state index contributed by atoms with van der Waals surface area (Å²) in [7, 11) is 0. The summed E-state index contributed by atoms with van der Waals surface area (Å²) in [6.45, 7) is 5.71. The van der Waals surface area contributed by atoms with Gasteiger partial charge in [0.15, 0.2) is 0 Å². The van der Waals surface area contributed by atoms with Crippen molar-refractivity contribution in [3.05, 3.63) is 81.2 Å². The Balaban J connectivity index is 1.83. The second-order valence-electron chi connectivity index (χ2n) is 6.40. The van der Waals surface area contributed by atoms with Crippen molar-refractivity contribution in [2.75, 3.05) is 5.32 Å². The fraction of sp³-hybridized carbons (Fsp3) is 0.200. The van der Waals surface area contributed by atoms with Crippen LogP contribution in [0.4, 0.5) is 11.4 Å². The zero-order valence-corrected chi connectivity index (χ0v) is 15.4. The second kappa shape index (κ2) is 7.41. The van der Waals surface area contributed by atoms with E-state index < -0.39 is 4.92 Å². The molecule has 1 amide bonds. The van der Waals surface area contributed by atoms with E-state index in [2.05, 4.69) is 10.4 Å². The predicted molar refractivity (Wildman–Crippen MR) is 103 cm³/mol. The molecule has 3 rings (SSSR count). The number of hydrogen-bond donors (Lipinski definition) is 1. The van der Waals surface area contributed by atoms with E-state index in [1.165, 1.54) is 6.07 Å². The number of amides is 1. The maximum Gasteiger partial charge on any atom is 0.273 e. The summed E-state index contributed by atoms with van der Waals surface area (Å²) in [5, 5.41) is 18.5. The number of aryl methyl sites for hydroxylation is 2. The summed E-state index contributed by atoms with van der Waals surface area (Å²) >= 11 is 0. The third-order valence-electron chi connectivity index (χ3n) is 4.37. The third-order valence-corrected chi connectivity index (χ3v) is 4.37. The quantitative estimate of drug-likeness (QED) is 0.549. The van der Waals surface area contributed by atoms with Gasteiger partial charge in [-0.1, -0.05) is 35.9 Å². The number of para-hydroxylation sites is 1. The van der Waals surface area contributed by atoms with E-state index in [4.69, 9.17) is 0 Å². The molecular formula is C20H20N4O3. The van der Waals surface area contributed by atoms with Crippen molar-refractivity contribution >= 4 is 17.3 Å². The number of rotatable bonds is 5. The zero-order valence-electron chi connectivity index (χ0n) is 15.4. The minimum atomic E-state index is -0.478. The molecule has 7 nitrogen and oxygen atoms in total. The standard InChI is InChI=1S/C20H20N4O3/c1-13-8-10-17(11-9-13)23-15(3)20(14(2)22-23)21-19(25)12-16-6-4-5-7-18(16)24(26)27/h4-11H,12H2,1-3H3,(H,21,25). The minimum Gasteiger partial charge on any atom is -0.323 e.